The van der Waals surface area contributed by atoms with Crippen LogP contribution >= 0.6 is 15.9 Å². The molecule has 1 unspecified atom stereocenters. The Kier molecular flexibility index (Phi) is 3.64. The molecule has 96 valence electrons. The highest BCUT2D eigenvalue weighted by Gasteiger charge is 2.42. The lowest BCUT2D eigenvalue weighted by Crippen LogP contribution is -2.44. The van der Waals surface area contributed by atoms with Crippen LogP contribution in [0.25, 0.3) is 0 Å². The van der Waals surface area contributed by atoms with Crippen molar-refractivity contribution in [1.29, 1.82) is 0 Å². The van der Waals surface area contributed by atoms with Gasteiger partial charge < -0.3 is 5.32 Å². The monoisotopic (exact) mass is 299 g/mol. The van der Waals surface area contributed by atoms with Crippen LogP contribution in [0.5, 0.6) is 0 Å². The van der Waals surface area contributed by atoms with Crippen LogP contribution in [0.4, 0.5) is 0 Å². The third kappa shape index (κ3) is 2.06. The van der Waals surface area contributed by atoms with Crippen LogP contribution in [0, 0.1) is 5.92 Å². The van der Waals surface area contributed by atoms with Gasteiger partial charge in [0.05, 0.1) is 21.9 Å². The molecular weight excluding hydrogens is 278 g/mol. The van der Waals surface area contributed by atoms with Crippen molar-refractivity contribution in [3.05, 3.63) is 16.4 Å². The Labute approximate surface area is 112 Å². The lowest BCUT2D eigenvalue weighted by Gasteiger charge is -2.35. The van der Waals surface area contributed by atoms with Crippen LogP contribution in [0.3, 0.4) is 0 Å². The summed E-state index contributed by atoms with van der Waals surface area (Å²) in [6.45, 7) is 10.1. The molecule has 0 bridgehead atoms. The summed E-state index contributed by atoms with van der Waals surface area (Å²) < 4.78 is 3.29. The molecule has 1 aliphatic heterocycles. The topological polar surface area (TPSA) is 29.9 Å². The van der Waals surface area contributed by atoms with E-state index in [1.807, 2.05) is 6.20 Å². The second kappa shape index (κ2) is 4.73. The molecule has 1 aromatic heterocycles. The number of halogens is 1. The van der Waals surface area contributed by atoms with Crippen LogP contribution in [0.2, 0.25) is 0 Å². The molecule has 0 spiro atoms. The van der Waals surface area contributed by atoms with E-state index < -0.39 is 0 Å². The van der Waals surface area contributed by atoms with Gasteiger partial charge in [-0.2, -0.15) is 5.10 Å². The van der Waals surface area contributed by atoms with E-state index >= 15 is 0 Å². The van der Waals surface area contributed by atoms with Crippen LogP contribution in [-0.2, 0) is 5.54 Å². The molecule has 3 nitrogen and oxygen atoms in total. The second-order valence-electron chi connectivity index (χ2n) is 5.54. The van der Waals surface area contributed by atoms with E-state index in [9.17, 15) is 0 Å². The summed E-state index contributed by atoms with van der Waals surface area (Å²) in [5, 5.41) is 8.23. The molecule has 17 heavy (non-hydrogen) atoms. The molecule has 1 atom stereocenters. The van der Waals surface area contributed by atoms with Crippen molar-refractivity contribution in [2.45, 2.75) is 52.1 Å². The Morgan fingerprint density at radius 1 is 1.41 bits per heavy atom. The highest BCUT2D eigenvalue weighted by atomic mass is 79.9. The molecule has 0 saturated carbocycles. The lowest BCUT2D eigenvalue weighted by atomic mass is 9.82. The summed E-state index contributed by atoms with van der Waals surface area (Å²) in [6, 6.07) is 0.398. The standard InChI is InChI=1S/C13H22BrN3/c1-9(2)13(6-5-7-15-13)12-11(14)8-16-17(12)10(3)4/h8-10,15H,5-7H2,1-4H3. The zero-order valence-electron chi connectivity index (χ0n) is 11.1. The van der Waals surface area contributed by atoms with Crippen LogP contribution < -0.4 is 5.32 Å². The maximum absolute atomic E-state index is 4.52. The van der Waals surface area contributed by atoms with Gasteiger partial charge in [0.25, 0.3) is 0 Å². The first-order valence-electron chi connectivity index (χ1n) is 6.47. The van der Waals surface area contributed by atoms with E-state index in [0.717, 1.165) is 11.0 Å². The molecule has 1 aliphatic rings. The zero-order valence-corrected chi connectivity index (χ0v) is 12.7. The average molecular weight is 300 g/mol. The molecule has 4 heteroatoms. The summed E-state index contributed by atoms with van der Waals surface area (Å²) in [5.41, 5.74) is 1.40. The summed E-state index contributed by atoms with van der Waals surface area (Å²) in [7, 11) is 0. The molecule has 0 amide bonds. The number of hydrogen-bond donors (Lipinski definition) is 1. The number of hydrogen-bond acceptors (Lipinski definition) is 2. The van der Waals surface area contributed by atoms with Crippen molar-refractivity contribution in [1.82, 2.24) is 15.1 Å². The fraction of sp³-hybridized carbons (Fsp3) is 0.769. The van der Waals surface area contributed by atoms with Gasteiger partial charge in [0.2, 0.25) is 0 Å². The first-order chi connectivity index (χ1) is 7.99. The van der Waals surface area contributed by atoms with Gasteiger partial charge >= 0.3 is 0 Å². The van der Waals surface area contributed by atoms with Gasteiger partial charge in [-0.1, -0.05) is 13.8 Å². The number of rotatable bonds is 3. The summed E-state index contributed by atoms with van der Waals surface area (Å²) in [6.07, 6.45) is 4.37. The summed E-state index contributed by atoms with van der Waals surface area (Å²) in [4.78, 5) is 0. The fourth-order valence-corrected chi connectivity index (χ4v) is 3.51. The quantitative estimate of drug-likeness (QED) is 0.926. The SMILES string of the molecule is CC(C)n1ncc(Br)c1C1(C(C)C)CCCN1. The maximum atomic E-state index is 4.52. The van der Waals surface area contributed by atoms with Gasteiger partial charge in [-0.3, -0.25) is 4.68 Å². The molecule has 0 radical (unpaired) electrons. The molecule has 0 aliphatic carbocycles. The average Bonchev–Trinajstić information content (AvgIpc) is 2.83. The van der Waals surface area contributed by atoms with Gasteiger partial charge in [-0.05, 0) is 55.1 Å². The summed E-state index contributed by atoms with van der Waals surface area (Å²) >= 11 is 3.68. The van der Waals surface area contributed by atoms with Gasteiger partial charge in [0.1, 0.15) is 0 Å². The van der Waals surface area contributed by atoms with Crippen molar-refractivity contribution in [2.24, 2.45) is 5.92 Å². The van der Waals surface area contributed by atoms with Crippen molar-refractivity contribution in [2.75, 3.05) is 6.54 Å². The Balaban J connectivity index is 2.53. The van der Waals surface area contributed by atoms with Crippen LogP contribution in [0.15, 0.2) is 10.7 Å². The highest BCUT2D eigenvalue weighted by Crippen LogP contribution is 2.41. The molecule has 2 heterocycles. The third-order valence-corrected chi connectivity index (χ3v) is 4.42. The molecular formula is C13H22BrN3. The molecule has 1 aromatic rings. The minimum atomic E-state index is 0.0829. The normalized spacial score (nSPS) is 25.1. The zero-order chi connectivity index (χ0) is 12.6. The van der Waals surface area contributed by atoms with E-state index in [1.54, 1.807) is 0 Å². The van der Waals surface area contributed by atoms with Crippen molar-refractivity contribution in [3.63, 3.8) is 0 Å². The lowest BCUT2D eigenvalue weighted by molar-refractivity contribution is 0.249. The van der Waals surface area contributed by atoms with Crippen LogP contribution in [-0.4, -0.2) is 16.3 Å². The van der Waals surface area contributed by atoms with Gasteiger partial charge in [0, 0.05) is 6.04 Å². The summed E-state index contributed by atoms with van der Waals surface area (Å²) in [5.74, 6) is 0.565. The minimum Gasteiger partial charge on any atom is -0.306 e. The van der Waals surface area contributed by atoms with Crippen LogP contribution in [0.1, 0.15) is 52.3 Å². The van der Waals surface area contributed by atoms with E-state index in [2.05, 4.69) is 58.7 Å². The van der Waals surface area contributed by atoms with E-state index in [0.29, 0.717) is 12.0 Å². The Hall–Kier alpha value is -0.350. The van der Waals surface area contributed by atoms with Crippen molar-refractivity contribution < 1.29 is 0 Å². The number of nitrogens with one attached hydrogen (secondary N) is 1. The first kappa shape index (κ1) is 13.1. The predicted octanol–water partition coefficient (Wildman–Crippen LogP) is 3.46. The molecule has 1 fully saturated rings. The van der Waals surface area contributed by atoms with E-state index in [1.165, 1.54) is 18.5 Å². The predicted molar refractivity (Wildman–Crippen MR) is 74.1 cm³/mol. The van der Waals surface area contributed by atoms with Gasteiger partial charge in [-0.15, -0.1) is 0 Å². The third-order valence-electron chi connectivity index (χ3n) is 3.84. The highest BCUT2D eigenvalue weighted by molar-refractivity contribution is 9.10. The minimum absolute atomic E-state index is 0.0829. The number of aromatic nitrogens is 2. The van der Waals surface area contributed by atoms with E-state index in [-0.39, 0.29) is 5.54 Å². The molecule has 0 aromatic carbocycles. The number of nitrogens with zero attached hydrogens (tertiary/aromatic N) is 2. The smallest absolute Gasteiger partial charge is 0.0732 e. The van der Waals surface area contributed by atoms with E-state index in [4.69, 9.17) is 0 Å². The Bertz CT molecular complexity index is 389. The maximum Gasteiger partial charge on any atom is 0.0732 e. The first-order valence-corrected chi connectivity index (χ1v) is 7.27. The Morgan fingerprint density at radius 3 is 2.59 bits per heavy atom. The van der Waals surface area contributed by atoms with Crippen molar-refractivity contribution in [3.8, 4) is 0 Å². The molecule has 1 saturated heterocycles. The largest absolute Gasteiger partial charge is 0.306 e. The molecule has 1 N–H and O–H groups in total. The van der Waals surface area contributed by atoms with Gasteiger partial charge in [-0.25, -0.2) is 0 Å². The van der Waals surface area contributed by atoms with Crippen molar-refractivity contribution >= 4 is 15.9 Å². The molecule has 2 rings (SSSR count). The van der Waals surface area contributed by atoms with Gasteiger partial charge in [0.15, 0.2) is 0 Å². The fourth-order valence-electron chi connectivity index (χ4n) is 2.89. The Morgan fingerprint density at radius 2 is 2.12 bits per heavy atom. The second-order valence-corrected chi connectivity index (χ2v) is 6.39.